The topological polar surface area (TPSA) is 117 Å². The highest BCUT2D eigenvalue weighted by Crippen LogP contribution is 2.29. The summed E-state index contributed by atoms with van der Waals surface area (Å²) in [6, 6.07) is 2.73. The van der Waals surface area contributed by atoms with Crippen molar-refractivity contribution in [3.63, 3.8) is 0 Å². The zero-order valence-electron chi connectivity index (χ0n) is 12.7. The number of hydrogen-bond donors (Lipinski definition) is 4. The number of nitrogens with two attached hydrogens (primary N) is 1. The maximum atomic E-state index is 14.2. The van der Waals surface area contributed by atoms with Crippen molar-refractivity contribution in [2.24, 2.45) is 0 Å². The molecule has 5 N–H and O–H groups in total. The number of H-pyrrole nitrogens is 1. The van der Waals surface area contributed by atoms with Crippen LogP contribution >= 0.6 is 0 Å². The number of nitrogen functional groups attached to an aromatic ring is 1. The highest BCUT2D eigenvalue weighted by molar-refractivity contribution is 6.07. The smallest absolute Gasteiger partial charge is 0.338 e. The molecule has 0 unspecified atom stereocenters. The van der Waals surface area contributed by atoms with E-state index in [1.807, 2.05) is 6.92 Å². The molecule has 0 saturated heterocycles. The number of aromatic amines is 1. The first-order valence-electron chi connectivity index (χ1n) is 7.05. The van der Waals surface area contributed by atoms with E-state index >= 15 is 0 Å². The Morgan fingerprint density at radius 2 is 2.21 bits per heavy atom. The predicted octanol–water partition coefficient (Wildman–Crippen LogP) is 3.15. The minimum atomic E-state index is -1.13. The number of anilines is 3. The summed E-state index contributed by atoms with van der Waals surface area (Å²) in [7, 11) is 0. The lowest BCUT2D eigenvalue weighted by atomic mass is 10.1. The number of carbonyl (C=O) groups is 1. The average Bonchev–Trinajstić information content (AvgIpc) is 2.97. The Bertz CT molecular complexity index is 965. The quantitative estimate of drug-likeness (QED) is 0.547. The highest BCUT2D eigenvalue weighted by Gasteiger charge is 2.17. The first-order chi connectivity index (χ1) is 11.5. The summed E-state index contributed by atoms with van der Waals surface area (Å²) in [6.07, 6.45) is 6.10. The van der Waals surface area contributed by atoms with E-state index in [0.29, 0.717) is 16.9 Å². The lowest BCUT2D eigenvalue weighted by molar-refractivity contribution is 0.0699. The number of carboxylic acids is 1. The van der Waals surface area contributed by atoms with Crippen LogP contribution in [0, 0.1) is 5.82 Å². The van der Waals surface area contributed by atoms with Crippen LogP contribution in [0.25, 0.3) is 17.1 Å². The number of nitrogens with zero attached hydrogens (tertiary/aromatic N) is 2. The van der Waals surface area contributed by atoms with E-state index in [-0.39, 0.29) is 22.5 Å². The number of rotatable bonds is 4. The maximum absolute atomic E-state index is 14.2. The Hall–Kier alpha value is -3.42. The monoisotopic (exact) mass is 327 g/mol. The number of carboxylic acid groups (broad SMARTS) is 1. The van der Waals surface area contributed by atoms with Crippen molar-refractivity contribution in [1.29, 1.82) is 0 Å². The molecule has 0 amide bonds. The van der Waals surface area contributed by atoms with Crippen LogP contribution in [0.2, 0.25) is 0 Å². The molecule has 24 heavy (non-hydrogen) atoms. The second-order valence-corrected chi connectivity index (χ2v) is 5.04. The third-order valence-electron chi connectivity index (χ3n) is 3.47. The van der Waals surface area contributed by atoms with E-state index in [1.165, 1.54) is 24.7 Å². The lowest BCUT2D eigenvalue weighted by Crippen LogP contribution is -2.02. The molecule has 0 saturated carbocycles. The Labute approximate surface area is 136 Å². The number of nitrogens with one attached hydrogen (secondary N) is 2. The van der Waals surface area contributed by atoms with Crippen LogP contribution in [-0.4, -0.2) is 26.0 Å². The van der Waals surface area contributed by atoms with Gasteiger partial charge in [-0.2, -0.15) is 0 Å². The van der Waals surface area contributed by atoms with E-state index < -0.39 is 11.8 Å². The number of aromatic carboxylic acids is 1. The van der Waals surface area contributed by atoms with Crippen molar-refractivity contribution in [3.05, 3.63) is 47.7 Å². The predicted molar refractivity (Wildman–Crippen MR) is 89.7 cm³/mol. The Morgan fingerprint density at radius 3 is 2.92 bits per heavy atom. The molecule has 7 nitrogen and oxygen atoms in total. The molecule has 0 aliphatic carbocycles. The molecule has 0 spiro atoms. The zero-order chi connectivity index (χ0) is 17.3. The number of halogens is 1. The fourth-order valence-corrected chi connectivity index (χ4v) is 2.38. The van der Waals surface area contributed by atoms with Gasteiger partial charge in [0.1, 0.15) is 23.6 Å². The van der Waals surface area contributed by atoms with Crippen LogP contribution in [0.3, 0.4) is 0 Å². The molecule has 3 rings (SSSR count). The van der Waals surface area contributed by atoms with Gasteiger partial charge in [-0.3, -0.25) is 0 Å². The van der Waals surface area contributed by atoms with Crippen LogP contribution in [0.4, 0.5) is 21.6 Å². The molecule has 0 radical (unpaired) electrons. The van der Waals surface area contributed by atoms with E-state index in [0.717, 1.165) is 0 Å². The number of fused-ring (bicyclic) bond motifs is 1. The first kappa shape index (κ1) is 15.5. The van der Waals surface area contributed by atoms with Gasteiger partial charge in [0.2, 0.25) is 0 Å². The van der Waals surface area contributed by atoms with Crippen molar-refractivity contribution in [2.45, 2.75) is 6.92 Å². The summed E-state index contributed by atoms with van der Waals surface area (Å²) in [5.41, 5.74) is 7.20. The highest BCUT2D eigenvalue weighted by atomic mass is 19.1. The van der Waals surface area contributed by atoms with E-state index in [9.17, 15) is 14.3 Å². The van der Waals surface area contributed by atoms with Gasteiger partial charge >= 0.3 is 5.97 Å². The summed E-state index contributed by atoms with van der Waals surface area (Å²) >= 11 is 0. The van der Waals surface area contributed by atoms with E-state index in [1.54, 1.807) is 12.2 Å². The molecule has 0 atom stereocenters. The van der Waals surface area contributed by atoms with Crippen LogP contribution in [0.15, 0.2) is 30.7 Å². The molecule has 2 aromatic heterocycles. The Kier molecular flexibility index (Phi) is 3.87. The third kappa shape index (κ3) is 2.65. The van der Waals surface area contributed by atoms with Crippen LogP contribution in [-0.2, 0) is 0 Å². The fourth-order valence-electron chi connectivity index (χ4n) is 2.38. The minimum absolute atomic E-state index is 0.00219. The molecule has 2 heterocycles. The van der Waals surface area contributed by atoms with Gasteiger partial charge in [0.05, 0.1) is 16.6 Å². The van der Waals surface area contributed by atoms with Crippen molar-refractivity contribution in [3.8, 4) is 0 Å². The van der Waals surface area contributed by atoms with Crippen LogP contribution in [0.1, 0.15) is 22.8 Å². The molecule has 1 aromatic carbocycles. The van der Waals surface area contributed by atoms with E-state index in [2.05, 4.69) is 20.3 Å². The molecule has 0 aliphatic heterocycles. The molecule has 0 aliphatic rings. The fraction of sp³-hybridized carbons (Fsp3) is 0.0625. The normalized spacial score (nSPS) is 11.2. The zero-order valence-corrected chi connectivity index (χ0v) is 12.7. The van der Waals surface area contributed by atoms with Crippen molar-refractivity contribution in [2.75, 3.05) is 11.1 Å². The van der Waals surface area contributed by atoms with Crippen molar-refractivity contribution >= 4 is 40.3 Å². The Morgan fingerprint density at radius 1 is 1.42 bits per heavy atom. The maximum Gasteiger partial charge on any atom is 0.338 e. The number of hydrogen-bond acceptors (Lipinski definition) is 5. The van der Waals surface area contributed by atoms with Gasteiger partial charge in [-0.05, 0) is 24.6 Å². The third-order valence-corrected chi connectivity index (χ3v) is 3.47. The van der Waals surface area contributed by atoms with Gasteiger partial charge in [-0.15, -0.1) is 0 Å². The van der Waals surface area contributed by atoms with Crippen molar-refractivity contribution in [1.82, 2.24) is 15.0 Å². The standard InChI is InChI=1S/C16H14FN5O2/c1-2-3-8-4-12(10(17)5-11(8)18)22-15-13-9(16(23)24)6-19-14(13)20-7-21-15/h2-7H,18H2,1H3,(H,23,24)(H2,19,20,21,22). The molecule has 3 aromatic rings. The summed E-state index contributed by atoms with van der Waals surface area (Å²) < 4.78 is 14.2. The molecular formula is C16H14FN5O2. The number of benzene rings is 1. The molecule has 0 fully saturated rings. The van der Waals surface area contributed by atoms with Gasteiger partial charge in [-0.1, -0.05) is 12.2 Å². The summed E-state index contributed by atoms with van der Waals surface area (Å²) in [5, 5.41) is 12.4. The first-order valence-corrected chi connectivity index (χ1v) is 7.05. The average molecular weight is 327 g/mol. The number of aromatic nitrogens is 3. The van der Waals surface area contributed by atoms with Crippen LogP contribution in [0.5, 0.6) is 0 Å². The molecule has 8 heteroatoms. The van der Waals surface area contributed by atoms with Gasteiger partial charge < -0.3 is 21.1 Å². The summed E-state index contributed by atoms with van der Waals surface area (Å²) in [4.78, 5) is 22.1. The SMILES string of the molecule is CC=Cc1cc(Nc2ncnc3[nH]cc(C(=O)O)c23)c(F)cc1N. The van der Waals surface area contributed by atoms with Gasteiger partial charge in [0.15, 0.2) is 0 Å². The molecular weight excluding hydrogens is 313 g/mol. The number of allylic oxidation sites excluding steroid dienone is 1. The van der Waals surface area contributed by atoms with Crippen molar-refractivity contribution < 1.29 is 14.3 Å². The van der Waals surface area contributed by atoms with Crippen LogP contribution < -0.4 is 11.1 Å². The molecule has 122 valence electrons. The summed E-state index contributed by atoms with van der Waals surface area (Å²) in [6.45, 7) is 1.82. The second-order valence-electron chi connectivity index (χ2n) is 5.04. The van der Waals surface area contributed by atoms with Gasteiger partial charge in [0.25, 0.3) is 0 Å². The van der Waals surface area contributed by atoms with Gasteiger partial charge in [-0.25, -0.2) is 19.2 Å². The van der Waals surface area contributed by atoms with E-state index in [4.69, 9.17) is 5.73 Å². The lowest BCUT2D eigenvalue weighted by Gasteiger charge is -2.11. The Balaban J connectivity index is 2.12. The van der Waals surface area contributed by atoms with Gasteiger partial charge in [0, 0.05) is 11.9 Å². The second kappa shape index (κ2) is 5.99. The summed E-state index contributed by atoms with van der Waals surface area (Å²) in [5.74, 6) is -1.51. The minimum Gasteiger partial charge on any atom is -0.478 e. The molecule has 0 bridgehead atoms. The largest absolute Gasteiger partial charge is 0.478 e.